The molecule has 58 heavy (non-hydrogen) atoms. The summed E-state index contributed by atoms with van der Waals surface area (Å²) in [4.78, 5) is 13.1. The molecular formula is C54H35N3O. The van der Waals surface area contributed by atoms with Crippen LogP contribution >= 0.6 is 0 Å². The molecule has 0 saturated heterocycles. The van der Waals surface area contributed by atoms with Crippen molar-refractivity contribution in [2.45, 2.75) is 0 Å². The van der Waals surface area contributed by atoms with Gasteiger partial charge in [0.05, 0.1) is 28.1 Å². The Kier molecular flexibility index (Phi) is 8.11. The number of anilines is 3. The Morgan fingerprint density at radius 2 is 0.966 bits per heavy atom. The molecule has 0 bridgehead atoms. The number of hydrogen-bond acceptors (Lipinski definition) is 4. The third kappa shape index (κ3) is 5.87. The summed E-state index contributed by atoms with van der Waals surface area (Å²) < 4.78 is 6.27. The predicted molar refractivity (Wildman–Crippen MR) is 241 cm³/mol. The van der Waals surface area contributed by atoms with Crippen LogP contribution in [0.25, 0.3) is 88.5 Å². The molecule has 272 valence electrons. The predicted octanol–water partition coefficient (Wildman–Crippen LogP) is 14.8. The second-order valence-electron chi connectivity index (χ2n) is 14.6. The summed E-state index contributed by atoms with van der Waals surface area (Å²) >= 11 is 0. The molecule has 9 aromatic carbocycles. The fourth-order valence-electron chi connectivity index (χ4n) is 8.25. The van der Waals surface area contributed by atoms with E-state index in [0.717, 1.165) is 106 Å². The number of nitrogens with zero attached hydrogens (tertiary/aromatic N) is 3. The van der Waals surface area contributed by atoms with Gasteiger partial charge in [0, 0.05) is 44.2 Å². The first-order valence-corrected chi connectivity index (χ1v) is 19.6. The zero-order chi connectivity index (χ0) is 38.4. The minimum atomic E-state index is 0.864. The van der Waals surface area contributed by atoms with E-state index >= 15 is 0 Å². The number of para-hydroxylation sites is 2. The third-order valence-electron chi connectivity index (χ3n) is 11.0. The molecule has 0 spiro atoms. The number of rotatable bonds is 7. The fraction of sp³-hybridized carbons (Fsp3) is 0. The molecule has 4 nitrogen and oxygen atoms in total. The van der Waals surface area contributed by atoms with E-state index in [1.54, 1.807) is 0 Å². The van der Waals surface area contributed by atoms with Gasteiger partial charge in [0.1, 0.15) is 11.2 Å². The molecular weight excluding hydrogens is 707 g/mol. The quantitative estimate of drug-likeness (QED) is 0.153. The number of benzene rings is 9. The summed E-state index contributed by atoms with van der Waals surface area (Å²) in [7, 11) is 0. The molecule has 0 radical (unpaired) electrons. The SMILES string of the molecule is c1ccc(-c2ccccc2N(c2cccc(-c3ccc4ccc5nc(-c6ccccc6)c(-c6ccccc6)nc5c4c3)c2)c2ccc3oc4ccccc4c3c2)cc1. The second kappa shape index (κ2) is 14.0. The van der Waals surface area contributed by atoms with E-state index in [9.17, 15) is 0 Å². The Hall–Kier alpha value is -7.82. The van der Waals surface area contributed by atoms with Crippen LogP contribution in [0.15, 0.2) is 217 Å². The van der Waals surface area contributed by atoms with Gasteiger partial charge in [-0.2, -0.15) is 0 Å². The van der Waals surface area contributed by atoms with Crippen molar-refractivity contribution in [3.63, 3.8) is 0 Å². The molecule has 0 aliphatic heterocycles. The topological polar surface area (TPSA) is 42.2 Å². The van der Waals surface area contributed by atoms with Crippen molar-refractivity contribution in [3.8, 4) is 44.8 Å². The molecule has 0 atom stereocenters. The maximum Gasteiger partial charge on any atom is 0.135 e. The van der Waals surface area contributed by atoms with Crippen molar-refractivity contribution in [3.05, 3.63) is 212 Å². The molecule has 0 amide bonds. The van der Waals surface area contributed by atoms with Gasteiger partial charge in [0.2, 0.25) is 0 Å². The van der Waals surface area contributed by atoms with Crippen LogP contribution in [0.5, 0.6) is 0 Å². The van der Waals surface area contributed by atoms with Gasteiger partial charge < -0.3 is 9.32 Å². The highest BCUT2D eigenvalue weighted by atomic mass is 16.3. The molecule has 11 aromatic rings. The molecule has 0 fully saturated rings. The third-order valence-corrected chi connectivity index (χ3v) is 11.0. The number of aromatic nitrogens is 2. The summed E-state index contributed by atoms with van der Waals surface area (Å²) in [6, 6.07) is 74.5. The molecule has 0 aliphatic carbocycles. The average molecular weight is 742 g/mol. The first kappa shape index (κ1) is 33.5. The molecule has 2 aromatic heterocycles. The van der Waals surface area contributed by atoms with Gasteiger partial charge in [0.25, 0.3) is 0 Å². The standard InChI is InChI=1S/C54H35N3O/c1-4-15-36(16-5-1)44-23-10-12-25-49(44)57(43-30-32-51-47(35-43)45-24-11-13-26-50(45)58-51)42-22-14-21-40(33-42)41-28-27-37-29-31-48-54(46(37)34-41)56-53(39-19-8-3-9-20-39)52(55-48)38-17-6-2-7-18-38/h1-35H. The van der Waals surface area contributed by atoms with Gasteiger partial charge in [-0.3, -0.25) is 0 Å². The molecule has 0 N–H and O–H groups in total. The van der Waals surface area contributed by atoms with Crippen LogP contribution in [-0.2, 0) is 0 Å². The second-order valence-corrected chi connectivity index (χ2v) is 14.6. The lowest BCUT2D eigenvalue weighted by Gasteiger charge is -2.28. The summed E-state index contributed by atoms with van der Waals surface area (Å²) in [6.45, 7) is 0. The summed E-state index contributed by atoms with van der Waals surface area (Å²) in [6.07, 6.45) is 0. The lowest BCUT2D eigenvalue weighted by atomic mass is 9.98. The van der Waals surface area contributed by atoms with Gasteiger partial charge in [-0.25, -0.2) is 9.97 Å². The first-order chi connectivity index (χ1) is 28.7. The number of fused-ring (bicyclic) bond motifs is 6. The Morgan fingerprint density at radius 1 is 0.362 bits per heavy atom. The van der Waals surface area contributed by atoms with Crippen LogP contribution in [0, 0.1) is 0 Å². The van der Waals surface area contributed by atoms with Gasteiger partial charge in [-0.1, -0.05) is 158 Å². The average Bonchev–Trinajstić information content (AvgIpc) is 3.68. The Labute approximate surface area is 335 Å². The van der Waals surface area contributed by atoms with E-state index in [0.29, 0.717) is 0 Å². The van der Waals surface area contributed by atoms with Crippen molar-refractivity contribution in [2.24, 2.45) is 0 Å². The van der Waals surface area contributed by atoms with Crippen molar-refractivity contribution in [1.82, 2.24) is 9.97 Å². The minimum Gasteiger partial charge on any atom is -0.456 e. The zero-order valence-corrected chi connectivity index (χ0v) is 31.5. The van der Waals surface area contributed by atoms with Crippen LogP contribution < -0.4 is 4.90 Å². The van der Waals surface area contributed by atoms with Crippen molar-refractivity contribution in [2.75, 3.05) is 4.90 Å². The summed E-state index contributed by atoms with van der Waals surface area (Å²) in [5, 5.41) is 4.36. The zero-order valence-electron chi connectivity index (χ0n) is 31.5. The lowest BCUT2D eigenvalue weighted by molar-refractivity contribution is 0.669. The number of hydrogen-bond donors (Lipinski definition) is 0. The van der Waals surface area contributed by atoms with Gasteiger partial charge >= 0.3 is 0 Å². The van der Waals surface area contributed by atoms with Crippen molar-refractivity contribution >= 4 is 60.8 Å². The van der Waals surface area contributed by atoms with Crippen LogP contribution in [0.4, 0.5) is 17.1 Å². The van der Waals surface area contributed by atoms with Crippen molar-refractivity contribution in [1.29, 1.82) is 0 Å². The fourth-order valence-corrected chi connectivity index (χ4v) is 8.25. The summed E-state index contributed by atoms with van der Waals surface area (Å²) in [5.74, 6) is 0. The highest BCUT2D eigenvalue weighted by Crippen LogP contribution is 2.44. The molecule has 4 heteroatoms. The Morgan fingerprint density at radius 3 is 1.76 bits per heavy atom. The lowest BCUT2D eigenvalue weighted by Crippen LogP contribution is -2.11. The van der Waals surface area contributed by atoms with Crippen molar-refractivity contribution < 1.29 is 4.42 Å². The maximum atomic E-state index is 6.27. The largest absolute Gasteiger partial charge is 0.456 e. The monoisotopic (exact) mass is 741 g/mol. The Bertz CT molecular complexity index is 3280. The molecule has 2 heterocycles. The van der Waals surface area contributed by atoms with Crippen LogP contribution in [0.1, 0.15) is 0 Å². The first-order valence-electron chi connectivity index (χ1n) is 19.6. The van der Waals surface area contributed by atoms with E-state index in [4.69, 9.17) is 14.4 Å². The van der Waals surface area contributed by atoms with E-state index < -0.39 is 0 Å². The number of furan rings is 1. The molecule has 0 aliphatic rings. The Balaban J connectivity index is 1.09. The molecule has 0 unspecified atom stereocenters. The smallest absolute Gasteiger partial charge is 0.135 e. The highest BCUT2D eigenvalue weighted by Gasteiger charge is 2.20. The normalized spacial score (nSPS) is 11.4. The van der Waals surface area contributed by atoms with Gasteiger partial charge in [-0.15, -0.1) is 0 Å². The van der Waals surface area contributed by atoms with Crippen LogP contribution in [-0.4, -0.2) is 9.97 Å². The highest BCUT2D eigenvalue weighted by molar-refractivity contribution is 6.08. The van der Waals surface area contributed by atoms with Crippen LogP contribution in [0.3, 0.4) is 0 Å². The van der Waals surface area contributed by atoms with E-state index in [2.05, 4.69) is 193 Å². The summed E-state index contributed by atoms with van der Waals surface area (Å²) in [5.41, 5.74) is 15.0. The van der Waals surface area contributed by atoms with Crippen LogP contribution in [0.2, 0.25) is 0 Å². The van der Waals surface area contributed by atoms with E-state index in [1.807, 2.05) is 24.3 Å². The van der Waals surface area contributed by atoms with Gasteiger partial charge in [-0.05, 0) is 76.7 Å². The maximum absolute atomic E-state index is 6.27. The minimum absolute atomic E-state index is 0.864. The van der Waals surface area contributed by atoms with E-state index in [1.165, 1.54) is 0 Å². The molecule has 11 rings (SSSR count). The van der Waals surface area contributed by atoms with E-state index in [-0.39, 0.29) is 0 Å². The molecule has 0 saturated carbocycles. The van der Waals surface area contributed by atoms with Gasteiger partial charge in [0.15, 0.2) is 0 Å².